The number of rotatable bonds is 8. The number of hydrogen-bond donors (Lipinski definition) is 1. The third kappa shape index (κ3) is 7.07. The van der Waals surface area contributed by atoms with Crippen LogP contribution in [0.5, 0.6) is 0 Å². The van der Waals surface area contributed by atoms with E-state index >= 15 is 0 Å². The van der Waals surface area contributed by atoms with Crippen LogP contribution in [0.3, 0.4) is 0 Å². The first-order chi connectivity index (χ1) is 16.0. The van der Waals surface area contributed by atoms with Crippen molar-refractivity contribution in [2.45, 2.75) is 37.2 Å². The van der Waals surface area contributed by atoms with Crippen LogP contribution >= 0.6 is 11.6 Å². The van der Waals surface area contributed by atoms with E-state index < -0.39 is 33.6 Å². The van der Waals surface area contributed by atoms with Gasteiger partial charge >= 0.3 is 6.18 Å². The topological polar surface area (TPSA) is 70.0 Å². The maximum atomic E-state index is 12.8. The molecule has 0 heterocycles. The van der Waals surface area contributed by atoms with Gasteiger partial charge in [0.1, 0.15) is 0 Å². The average molecular weight is 507 g/mol. The van der Waals surface area contributed by atoms with Crippen LogP contribution in [0.4, 0.5) is 13.2 Å². The van der Waals surface area contributed by atoms with Crippen molar-refractivity contribution >= 4 is 21.6 Å². The van der Waals surface area contributed by atoms with Crippen molar-refractivity contribution in [1.82, 2.24) is 4.72 Å². The van der Waals surface area contributed by atoms with Gasteiger partial charge in [-0.2, -0.15) is 18.4 Å². The Morgan fingerprint density at radius 1 is 1.00 bits per heavy atom. The standard InChI is InChI=1S/C25H22ClF3N2O2S/c1-17(31-34(32,33)16-19-5-9-22(10-6-19)25(27,28)29)24(14-18-7-11-23(26)12-8-18)21-4-2-3-20(13-21)15-30/h2-13,17,24,31H,14,16H2,1H3/t17-,24+/m0/s1. The molecule has 1 N–H and O–H groups in total. The zero-order valence-electron chi connectivity index (χ0n) is 18.2. The number of nitrogens with zero attached hydrogens (tertiary/aromatic N) is 1. The molecule has 178 valence electrons. The number of nitrogens with one attached hydrogen (secondary N) is 1. The van der Waals surface area contributed by atoms with Crippen LogP contribution in [0.15, 0.2) is 72.8 Å². The third-order valence-electron chi connectivity index (χ3n) is 5.42. The molecule has 0 aromatic heterocycles. The lowest BCUT2D eigenvalue weighted by molar-refractivity contribution is -0.137. The Balaban J connectivity index is 1.82. The van der Waals surface area contributed by atoms with Gasteiger partial charge in [-0.3, -0.25) is 0 Å². The maximum absolute atomic E-state index is 12.8. The maximum Gasteiger partial charge on any atom is 0.416 e. The van der Waals surface area contributed by atoms with E-state index in [0.717, 1.165) is 35.4 Å². The Hall–Kier alpha value is -2.86. The molecule has 0 unspecified atom stereocenters. The molecule has 3 aromatic carbocycles. The second kappa shape index (κ2) is 10.6. The zero-order chi connectivity index (χ0) is 24.9. The minimum Gasteiger partial charge on any atom is -0.212 e. The predicted octanol–water partition coefficient (Wildman–Crippen LogP) is 6.06. The Labute approximate surface area is 202 Å². The minimum atomic E-state index is -4.49. The van der Waals surface area contributed by atoms with Gasteiger partial charge in [0.05, 0.1) is 22.9 Å². The third-order valence-corrected chi connectivity index (χ3v) is 7.12. The molecule has 0 aliphatic rings. The number of benzene rings is 3. The van der Waals surface area contributed by atoms with E-state index in [1.165, 1.54) is 0 Å². The Bertz CT molecular complexity index is 1270. The molecule has 0 aliphatic heterocycles. The van der Waals surface area contributed by atoms with Gasteiger partial charge in [-0.05, 0) is 66.4 Å². The molecule has 0 fully saturated rings. The normalized spacial score (nSPS) is 13.8. The number of halogens is 4. The van der Waals surface area contributed by atoms with E-state index in [4.69, 9.17) is 11.6 Å². The van der Waals surface area contributed by atoms with Crippen molar-refractivity contribution in [3.8, 4) is 6.07 Å². The van der Waals surface area contributed by atoms with Gasteiger partial charge in [0.15, 0.2) is 0 Å². The van der Waals surface area contributed by atoms with Gasteiger partial charge in [-0.1, -0.05) is 48.0 Å². The first-order valence-electron chi connectivity index (χ1n) is 10.4. The summed E-state index contributed by atoms with van der Waals surface area (Å²) in [5, 5.41) is 9.86. The SMILES string of the molecule is C[C@H](NS(=O)(=O)Cc1ccc(C(F)(F)F)cc1)[C@@H](Cc1ccc(Cl)cc1)c1cccc(C#N)c1. The zero-order valence-corrected chi connectivity index (χ0v) is 19.8. The highest BCUT2D eigenvalue weighted by Crippen LogP contribution is 2.30. The fourth-order valence-corrected chi connectivity index (χ4v) is 5.28. The van der Waals surface area contributed by atoms with Crippen LogP contribution in [0.25, 0.3) is 0 Å². The molecule has 3 rings (SSSR count). The van der Waals surface area contributed by atoms with E-state index in [0.29, 0.717) is 17.0 Å². The number of hydrogen-bond acceptors (Lipinski definition) is 3. The fourth-order valence-electron chi connectivity index (χ4n) is 3.71. The summed E-state index contributed by atoms with van der Waals surface area (Å²) in [5.41, 5.74) is 1.59. The summed E-state index contributed by atoms with van der Waals surface area (Å²) in [7, 11) is -3.87. The van der Waals surface area contributed by atoms with Crippen molar-refractivity contribution in [2.24, 2.45) is 0 Å². The lowest BCUT2D eigenvalue weighted by Crippen LogP contribution is -2.38. The Kier molecular flexibility index (Phi) is 8.03. The molecule has 0 radical (unpaired) electrons. The number of nitriles is 1. The molecule has 3 aromatic rings. The summed E-state index contributed by atoms with van der Waals surface area (Å²) in [4.78, 5) is 0. The van der Waals surface area contributed by atoms with E-state index in [2.05, 4.69) is 10.8 Å². The van der Waals surface area contributed by atoms with Crippen molar-refractivity contribution < 1.29 is 21.6 Å². The fraction of sp³-hybridized carbons (Fsp3) is 0.240. The van der Waals surface area contributed by atoms with Crippen molar-refractivity contribution in [2.75, 3.05) is 0 Å². The van der Waals surface area contributed by atoms with Crippen molar-refractivity contribution in [1.29, 1.82) is 5.26 Å². The van der Waals surface area contributed by atoms with Crippen LogP contribution in [0, 0.1) is 11.3 Å². The second-order valence-corrected chi connectivity index (χ2v) is 10.2. The largest absolute Gasteiger partial charge is 0.416 e. The summed E-state index contributed by atoms with van der Waals surface area (Å²) in [5.74, 6) is -0.765. The molecule has 0 saturated carbocycles. The molecule has 0 spiro atoms. The van der Waals surface area contributed by atoms with E-state index in [1.807, 2.05) is 18.2 Å². The van der Waals surface area contributed by atoms with Gasteiger partial charge in [-0.15, -0.1) is 0 Å². The molecular formula is C25H22ClF3N2O2S. The molecule has 0 aliphatic carbocycles. The average Bonchev–Trinajstić information content (AvgIpc) is 2.77. The number of sulfonamides is 1. The molecular weight excluding hydrogens is 485 g/mol. The second-order valence-electron chi connectivity index (χ2n) is 8.03. The highest BCUT2D eigenvalue weighted by Gasteiger charge is 2.30. The molecule has 9 heteroatoms. The lowest BCUT2D eigenvalue weighted by atomic mass is 9.86. The van der Waals surface area contributed by atoms with Crippen LogP contribution in [0.1, 0.15) is 40.7 Å². The van der Waals surface area contributed by atoms with Crippen molar-refractivity contribution in [3.63, 3.8) is 0 Å². The summed E-state index contributed by atoms with van der Waals surface area (Å²) >= 11 is 5.98. The first-order valence-corrected chi connectivity index (χ1v) is 12.4. The van der Waals surface area contributed by atoms with E-state index in [9.17, 15) is 26.9 Å². The van der Waals surface area contributed by atoms with E-state index in [-0.39, 0.29) is 11.5 Å². The Morgan fingerprint density at radius 3 is 2.21 bits per heavy atom. The number of alkyl halides is 3. The Morgan fingerprint density at radius 2 is 1.62 bits per heavy atom. The van der Waals surface area contributed by atoms with Gasteiger partial charge in [0, 0.05) is 17.0 Å². The van der Waals surface area contributed by atoms with Crippen molar-refractivity contribution in [3.05, 3.63) is 106 Å². The van der Waals surface area contributed by atoms with Gasteiger partial charge < -0.3 is 0 Å². The predicted molar refractivity (Wildman–Crippen MR) is 126 cm³/mol. The summed E-state index contributed by atoms with van der Waals surface area (Å²) < 4.78 is 66.7. The van der Waals surface area contributed by atoms with E-state index in [1.54, 1.807) is 37.3 Å². The van der Waals surface area contributed by atoms with Crippen LogP contribution in [-0.4, -0.2) is 14.5 Å². The highest BCUT2D eigenvalue weighted by atomic mass is 35.5. The van der Waals surface area contributed by atoms with Crippen LogP contribution < -0.4 is 4.72 Å². The van der Waals surface area contributed by atoms with Gasteiger partial charge in [0.2, 0.25) is 10.0 Å². The van der Waals surface area contributed by atoms with Gasteiger partial charge in [-0.25, -0.2) is 13.1 Å². The van der Waals surface area contributed by atoms with Crippen LogP contribution in [-0.2, 0) is 28.4 Å². The van der Waals surface area contributed by atoms with Crippen LogP contribution in [0.2, 0.25) is 5.02 Å². The summed E-state index contributed by atoms with van der Waals surface area (Å²) in [6.07, 6.45) is -4.01. The summed E-state index contributed by atoms with van der Waals surface area (Å²) in [6, 6.07) is 19.8. The summed E-state index contributed by atoms with van der Waals surface area (Å²) in [6.45, 7) is 1.73. The smallest absolute Gasteiger partial charge is 0.212 e. The minimum absolute atomic E-state index is 0.244. The molecule has 4 nitrogen and oxygen atoms in total. The molecule has 0 amide bonds. The molecule has 0 bridgehead atoms. The molecule has 2 atom stereocenters. The highest BCUT2D eigenvalue weighted by molar-refractivity contribution is 7.88. The lowest BCUT2D eigenvalue weighted by Gasteiger charge is -2.26. The molecule has 34 heavy (non-hydrogen) atoms. The van der Waals surface area contributed by atoms with Gasteiger partial charge in [0.25, 0.3) is 0 Å². The quantitative estimate of drug-likeness (QED) is 0.403. The first kappa shape index (κ1) is 25.8. The monoisotopic (exact) mass is 506 g/mol. The molecule has 0 saturated heterocycles.